The van der Waals surface area contributed by atoms with Gasteiger partial charge in [-0.1, -0.05) is 56.8 Å². The lowest BCUT2D eigenvalue weighted by molar-refractivity contribution is -0.120. The minimum Gasteiger partial charge on any atom is -0.353 e. The van der Waals surface area contributed by atoms with Crippen molar-refractivity contribution in [2.75, 3.05) is 5.84 Å². The number of amides is 1. The van der Waals surface area contributed by atoms with Crippen molar-refractivity contribution >= 4 is 17.7 Å². The molecular formula is C18H27N5OS. The highest BCUT2D eigenvalue weighted by Gasteiger charge is 2.20. The number of hydrogen-bond donors (Lipinski definition) is 2. The van der Waals surface area contributed by atoms with Crippen LogP contribution in [0.1, 0.15) is 47.1 Å². The van der Waals surface area contributed by atoms with E-state index in [2.05, 4.69) is 48.4 Å². The van der Waals surface area contributed by atoms with E-state index in [0.717, 1.165) is 5.56 Å². The van der Waals surface area contributed by atoms with Crippen molar-refractivity contribution in [3.05, 3.63) is 29.8 Å². The summed E-state index contributed by atoms with van der Waals surface area (Å²) >= 11 is 1.30. The first kappa shape index (κ1) is 19.3. The third kappa shape index (κ3) is 4.75. The Hall–Kier alpha value is -2.02. The molecule has 1 atom stereocenters. The molecule has 136 valence electrons. The Morgan fingerprint density at radius 3 is 2.28 bits per heavy atom. The summed E-state index contributed by atoms with van der Waals surface area (Å²) in [4.78, 5) is 12.0. The second-order valence-electron chi connectivity index (χ2n) is 7.43. The maximum absolute atomic E-state index is 12.0. The SMILES string of the molecule is CC(C)NC(=O)C(C)Sc1nnc(-c2ccc(C(C)(C)C)cc2)n1N. The monoisotopic (exact) mass is 361 g/mol. The highest BCUT2D eigenvalue weighted by molar-refractivity contribution is 8.00. The van der Waals surface area contributed by atoms with E-state index < -0.39 is 0 Å². The van der Waals surface area contributed by atoms with Crippen LogP contribution in [0.15, 0.2) is 29.4 Å². The molecule has 0 aliphatic rings. The molecule has 7 heteroatoms. The van der Waals surface area contributed by atoms with E-state index in [4.69, 9.17) is 5.84 Å². The Bertz CT molecular complexity index is 731. The van der Waals surface area contributed by atoms with Gasteiger partial charge in [0.2, 0.25) is 11.1 Å². The van der Waals surface area contributed by atoms with Gasteiger partial charge in [0.05, 0.1) is 5.25 Å². The molecule has 0 aliphatic heterocycles. The fraction of sp³-hybridized carbons (Fsp3) is 0.500. The normalized spacial score (nSPS) is 13.1. The molecule has 1 heterocycles. The van der Waals surface area contributed by atoms with E-state index in [1.54, 1.807) is 0 Å². The summed E-state index contributed by atoms with van der Waals surface area (Å²) in [6.45, 7) is 12.2. The van der Waals surface area contributed by atoms with E-state index in [9.17, 15) is 4.79 Å². The first-order valence-electron chi connectivity index (χ1n) is 8.38. The van der Waals surface area contributed by atoms with Crippen molar-refractivity contribution in [3.63, 3.8) is 0 Å². The van der Waals surface area contributed by atoms with Gasteiger partial charge in [-0.05, 0) is 31.7 Å². The van der Waals surface area contributed by atoms with Gasteiger partial charge in [0.25, 0.3) is 0 Å². The number of hydrogen-bond acceptors (Lipinski definition) is 5. The van der Waals surface area contributed by atoms with Crippen LogP contribution in [0.3, 0.4) is 0 Å². The van der Waals surface area contributed by atoms with Crippen LogP contribution in [0.2, 0.25) is 0 Å². The Balaban J connectivity index is 2.17. The van der Waals surface area contributed by atoms with E-state index in [1.807, 2.05) is 32.9 Å². The molecule has 0 saturated heterocycles. The lowest BCUT2D eigenvalue weighted by Crippen LogP contribution is -2.36. The van der Waals surface area contributed by atoms with E-state index in [1.165, 1.54) is 22.0 Å². The second kappa shape index (κ2) is 7.47. The number of carbonyl (C=O) groups is 1. The molecule has 0 spiro atoms. The molecule has 1 unspecified atom stereocenters. The van der Waals surface area contributed by atoms with Gasteiger partial charge in [0.1, 0.15) is 0 Å². The summed E-state index contributed by atoms with van der Waals surface area (Å²) in [5.74, 6) is 6.69. The molecule has 0 bridgehead atoms. The quantitative estimate of drug-likeness (QED) is 0.632. The molecule has 1 aromatic heterocycles. The predicted molar refractivity (Wildman–Crippen MR) is 103 cm³/mol. The van der Waals surface area contributed by atoms with E-state index in [0.29, 0.717) is 11.0 Å². The van der Waals surface area contributed by atoms with Crippen LogP contribution in [0.4, 0.5) is 0 Å². The number of rotatable bonds is 5. The molecule has 6 nitrogen and oxygen atoms in total. The third-order valence-corrected chi connectivity index (χ3v) is 4.81. The standard InChI is InChI=1S/C18H27N5OS/c1-11(2)20-16(24)12(3)25-17-22-21-15(23(17)19)13-7-9-14(10-8-13)18(4,5)6/h7-12H,19H2,1-6H3,(H,20,24). The van der Waals surface area contributed by atoms with Crippen molar-refractivity contribution in [2.24, 2.45) is 0 Å². The molecule has 0 aliphatic carbocycles. The van der Waals surface area contributed by atoms with Crippen molar-refractivity contribution < 1.29 is 4.79 Å². The van der Waals surface area contributed by atoms with Crippen molar-refractivity contribution in [1.82, 2.24) is 20.2 Å². The minimum absolute atomic E-state index is 0.0425. The summed E-state index contributed by atoms with van der Waals surface area (Å²) < 4.78 is 1.44. The molecule has 1 amide bonds. The number of nitrogens with zero attached hydrogens (tertiary/aromatic N) is 3. The van der Waals surface area contributed by atoms with Gasteiger partial charge < -0.3 is 11.2 Å². The lowest BCUT2D eigenvalue weighted by atomic mass is 9.87. The van der Waals surface area contributed by atoms with Crippen molar-refractivity contribution in [1.29, 1.82) is 0 Å². The number of carbonyl (C=O) groups excluding carboxylic acids is 1. The van der Waals surface area contributed by atoms with Crippen molar-refractivity contribution in [2.45, 2.75) is 63.4 Å². The minimum atomic E-state index is -0.301. The summed E-state index contributed by atoms with van der Waals surface area (Å²) in [7, 11) is 0. The zero-order chi connectivity index (χ0) is 18.8. The summed E-state index contributed by atoms with van der Waals surface area (Å²) in [5.41, 5.74) is 2.23. The number of benzene rings is 1. The Morgan fingerprint density at radius 1 is 1.16 bits per heavy atom. The average molecular weight is 362 g/mol. The van der Waals surface area contributed by atoms with Gasteiger partial charge in [-0.25, -0.2) is 4.68 Å². The maximum Gasteiger partial charge on any atom is 0.233 e. The van der Waals surface area contributed by atoms with Gasteiger partial charge in [0, 0.05) is 11.6 Å². The van der Waals surface area contributed by atoms with Crippen LogP contribution < -0.4 is 11.2 Å². The smallest absolute Gasteiger partial charge is 0.233 e. The van der Waals surface area contributed by atoms with Gasteiger partial charge >= 0.3 is 0 Å². The van der Waals surface area contributed by atoms with Crippen LogP contribution in [-0.2, 0) is 10.2 Å². The molecule has 0 radical (unpaired) electrons. The molecule has 2 aromatic rings. The number of nitrogens with two attached hydrogens (primary N) is 1. The van der Waals surface area contributed by atoms with Crippen LogP contribution >= 0.6 is 11.8 Å². The highest BCUT2D eigenvalue weighted by Crippen LogP contribution is 2.27. The zero-order valence-corrected chi connectivity index (χ0v) is 16.5. The van der Waals surface area contributed by atoms with Gasteiger partial charge in [-0.2, -0.15) is 0 Å². The maximum atomic E-state index is 12.0. The summed E-state index contributed by atoms with van der Waals surface area (Å²) in [6, 6.07) is 8.25. The fourth-order valence-electron chi connectivity index (χ4n) is 2.29. The summed E-state index contributed by atoms with van der Waals surface area (Å²) in [6.07, 6.45) is 0. The largest absolute Gasteiger partial charge is 0.353 e. The Labute approximate surface area is 153 Å². The third-order valence-electron chi connectivity index (χ3n) is 3.76. The number of nitrogens with one attached hydrogen (secondary N) is 1. The fourth-order valence-corrected chi connectivity index (χ4v) is 3.07. The molecule has 3 N–H and O–H groups in total. The van der Waals surface area contributed by atoms with Crippen LogP contribution in [0.25, 0.3) is 11.4 Å². The van der Waals surface area contributed by atoms with E-state index in [-0.39, 0.29) is 22.6 Å². The van der Waals surface area contributed by atoms with Gasteiger partial charge in [-0.3, -0.25) is 4.79 Å². The average Bonchev–Trinajstić information content (AvgIpc) is 2.87. The topological polar surface area (TPSA) is 85.8 Å². The van der Waals surface area contributed by atoms with E-state index >= 15 is 0 Å². The molecule has 1 aromatic carbocycles. The number of nitrogen functional groups attached to an aromatic ring is 1. The predicted octanol–water partition coefficient (Wildman–Crippen LogP) is 2.96. The first-order chi connectivity index (χ1) is 11.6. The summed E-state index contributed by atoms with van der Waals surface area (Å²) in [5, 5.41) is 11.4. The van der Waals surface area contributed by atoms with Gasteiger partial charge in [-0.15, -0.1) is 10.2 Å². The van der Waals surface area contributed by atoms with Gasteiger partial charge in [0.15, 0.2) is 5.82 Å². The molecule has 0 fully saturated rings. The number of thioether (sulfide) groups is 1. The molecule has 2 rings (SSSR count). The van der Waals surface area contributed by atoms with Crippen LogP contribution in [0, 0.1) is 0 Å². The second-order valence-corrected chi connectivity index (χ2v) is 8.73. The van der Waals surface area contributed by atoms with Crippen LogP contribution in [0.5, 0.6) is 0 Å². The Kier molecular flexibility index (Phi) is 5.77. The zero-order valence-electron chi connectivity index (χ0n) is 15.7. The number of aromatic nitrogens is 3. The van der Waals surface area contributed by atoms with Crippen molar-refractivity contribution in [3.8, 4) is 11.4 Å². The van der Waals surface area contributed by atoms with Crippen LogP contribution in [-0.4, -0.2) is 32.1 Å². The highest BCUT2D eigenvalue weighted by atomic mass is 32.2. The molecule has 0 saturated carbocycles. The lowest BCUT2D eigenvalue weighted by Gasteiger charge is -2.19. The Morgan fingerprint density at radius 2 is 1.76 bits per heavy atom. The molecular weight excluding hydrogens is 334 g/mol. The molecule has 25 heavy (non-hydrogen) atoms. The first-order valence-corrected chi connectivity index (χ1v) is 9.26.